The largest absolute Gasteiger partial charge is 0.350 e. The Morgan fingerprint density at radius 1 is 1.22 bits per heavy atom. The smallest absolute Gasteiger partial charge is 0.293 e. The SMILES string of the molecule is Cn1c(C2CC2)nc2cc(Nc3ccc(S(C)(=O)=O)cc3[N+](=O)[O-])ccc21. The quantitative estimate of drug-likeness (QED) is 0.531. The minimum Gasteiger partial charge on any atom is -0.350 e. The first-order valence-electron chi connectivity index (χ1n) is 8.46. The molecule has 1 heterocycles. The molecule has 1 saturated carbocycles. The Bertz CT molecular complexity index is 1180. The lowest BCUT2D eigenvalue weighted by Gasteiger charge is -2.08. The first-order valence-corrected chi connectivity index (χ1v) is 10.3. The van der Waals surface area contributed by atoms with Gasteiger partial charge in [0.15, 0.2) is 9.84 Å². The van der Waals surface area contributed by atoms with E-state index >= 15 is 0 Å². The summed E-state index contributed by atoms with van der Waals surface area (Å²) in [6, 6.07) is 9.43. The third kappa shape index (κ3) is 3.25. The van der Waals surface area contributed by atoms with Gasteiger partial charge in [-0.2, -0.15) is 0 Å². The van der Waals surface area contributed by atoms with Crippen molar-refractivity contribution >= 4 is 37.9 Å². The van der Waals surface area contributed by atoms with Crippen molar-refractivity contribution < 1.29 is 13.3 Å². The van der Waals surface area contributed by atoms with Gasteiger partial charge in [-0.05, 0) is 43.2 Å². The van der Waals surface area contributed by atoms with Gasteiger partial charge in [-0.25, -0.2) is 13.4 Å². The summed E-state index contributed by atoms with van der Waals surface area (Å²) in [6.45, 7) is 0. The summed E-state index contributed by atoms with van der Waals surface area (Å²) in [4.78, 5) is 15.4. The van der Waals surface area contributed by atoms with E-state index in [1.165, 1.54) is 12.1 Å². The maximum absolute atomic E-state index is 11.7. The standard InChI is InChI=1S/C18H18N4O4S/c1-21-16-8-5-12(9-15(16)20-18(21)11-3-4-11)19-14-7-6-13(27(2,25)26)10-17(14)22(23)24/h5-11,19H,3-4H2,1-2H3. The molecule has 1 fully saturated rings. The number of aryl methyl sites for hydroxylation is 1. The number of nitrogens with one attached hydrogen (secondary N) is 1. The number of aromatic nitrogens is 2. The second-order valence-electron chi connectivity index (χ2n) is 6.84. The fraction of sp³-hybridized carbons (Fsp3) is 0.278. The minimum atomic E-state index is -3.53. The van der Waals surface area contributed by atoms with Crippen LogP contribution in [0.2, 0.25) is 0 Å². The summed E-state index contributed by atoms with van der Waals surface area (Å²) in [5.41, 5.74) is 2.41. The predicted octanol–water partition coefficient (Wildman–Crippen LogP) is 3.51. The summed E-state index contributed by atoms with van der Waals surface area (Å²) in [6.07, 6.45) is 3.33. The Hall–Kier alpha value is -2.94. The van der Waals surface area contributed by atoms with Gasteiger partial charge in [0.05, 0.1) is 20.9 Å². The summed E-state index contributed by atoms with van der Waals surface area (Å²) in [5, 5.41) is 14.4. The van der Waals surface area contributed by atoms with Gasteiger partial charge in [0, 0.05) is 31.0 Å². The summed E-state index contributed by atoms with van der Waals surface area (Å²) < 4.78 is 25.4. The fourth-order valence-corrected chi connectivity index (χ4v) is 3.80. The molecule has 0 amide bonds. The van der Waals surface area contributed by atoms with Gasteiger partial charge in [-0.1, -0.05) is 0 Å². The van der Waals surface area contributed by atoms with E-state index in [1.807, 2.05) is 25.2 Å². The van der Waals surface area contributed by atoms with Gasteiger partial charge in [0.2, 0.25) is 0 Å². The van der Waals surface area contributed by atoms with Crippen LogP contribution in [0.1, 0.15) is 24.6 Å². The Morgan fingerprint density at radius 3 is 2.59 bits per heavy atom. The number of anilines is 2. The van der Waals surface area contributed by atoms with E-state index in [1.54, 1.807) is 0 Å². The summed E-state index contributed by atoms with van der Waals surface area (Å²) in [7, 11) is -1.54. The van der Waals surface area contributed by atoms with Gasteiger partial charge < -0.3 is 9.88 Å². The van der Waals surface area contributed by atoms with Gasteiger partial charge in [-0.15, -0.1) is 0 Å². The Balaban J connectivity index is 1.72. The molecule has 1 aliphatic carbocycles. The Kier molecular flexibility index (Phi) is 3.92. The number of fused-ring (bicyclic) bond motifs is 1. The molecule has 2 aromatic carbocycles. The third-order valence-electron chi connectivity index (χ3n) is 4.73. The van der Waals surface area contributed by atoms with Crippen molar-refractivity contribution in [2.24, 2.45) is 7.05 Å². The van der Waals surface area contributed by atoms with E-state index in [0.717, 1.165) is 42.0 Å². The van der Waals surface area contributed by atoms with E-state index in [-0.39, 0.29) is 16.3 Å². The van der Waals surface area contributed by atoms with Gasteiger partial charge >= 0.3 is 0 Å². The molecule has 0 aliphatic heterocycles. The molecule has 0 unspecified atom stereocenters. The molecule has 0 bridgehead atoms. The molecule has 8 nitrogen and oxygen atoms in total. The topological polar surface area (TPSA) is 107 Å². The van der Waals surface area contributed by atoms with Crippen LogP contribution < -0.4 is 5.32 Å². The second-order valence-corrected chi connectivity index (χ2v) is 8.86. The second kappa shape index (κ2) is 6.05. The number of rotatable bonds is 5. The van der Waals surface area contributed by atoms with Crippen molar-refractivity contribution in [3.05, 3.63) is 52.3 Å². The number of hydrogen-bond acceptors (Lipinski definition) is 6. The number of sulfone groups is 1. The molecule has 140 valence electrons. The lowest BCUT2D eigenvalue weighted by atomic mass is 10.2. The van der Waals surface area contributed by atoms with Crippen molar-refractivity contribution in [2.75, 3.05) is 11.6 Å². The number of nitrogens with zero attached hydrogens (tertiary/aromatic N) is 3. The lowest BCUT2D eigenvalue weighted by Crippen LogP contribution is -2.02. The average molecular weight is 386 g/mol. The zero-order valence-electron chi connectivity index (χ0n) is 14.8. The number of hydrogen-bond donors (Lipinski definition) is 1. The zero-order chi connectivity index (χ0) is 19.3. The van der Waals surface area contributed by atoms with Crippen LogP contribution >= 0.6 is 0 Å². The Morgan fingerprint density at radius 2 is 1.96 bits per heavy atom. The first-order chi connectivity index (χ1) is 12.7. The minimum absolute atomic E-state index is 0.0889. The van der Waals surface area contributed by atoms with Crippen molar-refractivity contribution in [1.29, 1.82) is 0 Å². The molecule has 0 saturated heterocycles. The molecule has 1 aromatic heterocycles. The highest BCUT2D eigenvalue weighted by atomic mass is 32.2. The number of benzene rings is 2. The maximum atomic E-state index is 11.7. The van der Waals surface area contributed by atoms with Crippen LogP contribution in [0, 0.1) is 10.1 Å². The zero-order valence-corrected chi connectivity index (χ0v) is 15.7. The third-order valence-corrected chi connectivity index (χ3v) is 5.84. The van der Waals surface area contributed by atoms with Gasteiger partial charge in [-0.3, -0.25) is 10.1 Å². The molecule has 0 spiro atoms. The van der Waals surface area contributed by atoms with Crippen LogP contribution in [0.4, 0.5) is 17.1 Å². The molecule has 4 rings (SSSR count). The Labute approximate surface area is 155 Å². The van der Waals surface area contributed by atoms with E-state index in [2.05, 4.69) is 9.88 Å². The molecule has 9 heteroatoms. The van der Waals surface area contributed by atoms with Crippen molar-refractivity contribution in [3.8, 4) is 0 Å². The van der Waals surface area contributed by atoms with Gasteiger partial charge in [0.1, 0.15) is 11.5 Å². The molecule has 27 heavy (non-hydrogen) atoms. The molecule has 1 N–H and O–H groups in total. The highest BCUT2D eigenvalue weighted by molar-refractivity contribution is 7.90. The lowest BCUT2D eigenvalue weighted by molar-refractivity contribution is -0.384. The molecule has 3 aromatic rings. The number of imidazole rings is 1. The molecular formula is C18H18N4O4S. The van der Waals surface area contributed by atoms with Crippen LogP contribution in [0.15, 0.2) is 41.3 Å². The van der Waals surface area contributed by atoms with E-state index in [0.29, 0.717) is 11.6 Å². The highest BCUT2D eigenvalue weighted by Crippen LogP contribution is 2.40. The van der Waals surface area contributed by atoms with Crippen LogP contribution in [0.25, 0.3) is 11.0 Å². The number of nitro groups is 1. The van der Waals surface area contributed by atoms with Crippen LogP contribution in [-0.4, -0.2) is 29.1 Å². The van der Waals surface area contributed by atoms with Crippen molar-refractivity contribution in [3.63, 3.8) is 0 Å². The normalized spacial score (nSPS) is 14.4. The number of nitro benzene ring substituents is 1. The molecule has 0 radical (unpaired) electrons. The molecule has 0 atom stereocenters. The van der Waals surface area contributed by atoms with Crippen LogP contribution in [0.3, 0.4) is 0 Å². The highest BCUT2D eigenvalue weighted by Gasteiger charge is 2.28. The van der Waals surface area contributed by atoms with E-state index in [9.17, 15) is 18.5 Å². The molecular weight excluding hydrogens is 368 g/mol. The van der Waals surface area contributed by atoms with Crippen molar-refractivity contribution in [1.82, 2.24) is 9.55 Å². The van der Waals surface area contributed by atoms with Crippen LogP contribution in [-0.2, 0) is 16.9 Å². The summed E-state index contributed by atoms with van der Waals surface area (Å²) in [5.74, 6) is 1.58. The van der Waals surface area contributed by atoms with E-state index < -0.39 is 14.8 Å². The predicted molar refractivity (Wildman–Crippen MR) is 102 cm³/mol. The maximum Gasteiger partial charge on any atom is 0.293 e. The van der Waals surface area contributed by atoms with Gasteiger partial charge in [0.25, 0.3) is 5.69 Å². The van der Waals surface area contributed by atoms with Crippen LogP contribution in [0.5, 0.6) is 0 Å². The summed E-state index contributed by atoms with van der Waals surface area (Å²) >= 11 is 0. The van der Waals surface area contributed by atoms with E-state index in [4.69, 9.17) is 4.98 Å². The average Bonchev–Trinajstić information content (AvgIpc) is 3.39. The molecule has 1 aliphatic rings. The monoisotopic (exact) mass is 386 g/mol. The first kappa shape index (κ1) is 17.5. The fourth-order valence-electron chi connectivity index (χ4n) is 3.16. The van der Waals surface area contributed by atoms with Crippen molar-refractivity contribution in [2.45, 2.75) is 23.7 Å².